The van der Waals surface area contributed by atoms with Crippen LogP contribution in [0.4, 0.5) is 0 Å². The van der Waals surface area contributed by atoms with Gasteiger partial charge in [0.25, 0.3) is 0 Å². The number of rotatable bonds is 1. The smallest absolute Gasteiger partial charge is 0.169 e. The second-order valence-corrected chi connectivity index (χ2v) is 4.37. The van der Waals surface area contributed by atoms with Crippen molar-refractivity contribution in [1.29, 1.82) is 0 Å². The van der Waals surface area contributed by atoms with E-state index in [0.29, 0.717) is 6.61 Å². The van der Waals surface area contributed by atoms with Crippen molar-refractivity contribution in [3.05, 3.63) is 47.2 Å². The number of hydrogen-bond acceptors (Lipinski definition) is 2. The largest absolute Gasteiger partial charge is 0.497 e. The average molecular weight is 214 g/mol. The monoisotopic (exact) mass is 214 g/mol. The molecule has 0 N–H and O–H groups in total. The van der Waals surface area contributed by atoms with E-state index < -0.39 is 0 Å². The number of hydrogen-bond donors (Lipinski definition) is 0. The first-order valence-electron chi connectivity index (χ1n) is 5.80. The Balaban J connectivity index is 1.93. The molecule has 2 heteroatoms. The maximum atomic E-state index is 12.3. The van der Waals surface area contributed by atoms with Crippen LogP contribution in [0.3, 0.4) is 0 Å². The first kappa shape index (κ1) is 9.64. The van der Waals surface area contributed by atoms with E-state index in [-0.39, 0.29) is 11.7 Å². The fourth-order valence-corrected chi connectivity index (χ4v) is 2.61. The van der Waals surface area contributed by atoms with Crippen LogP contribution in [-0.4, -0.2) is 12.4 Å². The molecule has 82 valence electrons. The molecule has 3 rings (SSSR count). The van der Waals surface area contributed by atoms with Crippen molar-refractivity contribution in [2.75, 3.05) is 6.61 Å². The van der Waals surface area contributed by atoms with Crippen LogP contribution in [-0.2, 0) is 9.53 Å². The highest BCUT2D eigenvalue weighted by molar-refractivity contribution is 6.01. The number of Topliss-reactive ketones (excluding diaryl/α,β-unsaturated/α-hetero) is 1. The molecule has 0 aromatic heterocycles. The van der Waals surface area contributed by atoms with Crippen molar-refractivity contribution >= 4 is 5.78 Å². The number of ether oxygens (including phenoxy) is 1. The molecule has 2 nitrogen and oxygen atoms in total. The van der Waals surface area contributed by atoms with Crippen molar-refractivity contribution < 1.29 is 9.53 Å². The van der Waals surface area contributed by atoms with E-state index in [1.54, 1.807) is 0 Å². The molecular formula is C14H14O2. The quantitative estimate of drug-likeness (QED) is 0.718. The zero-order valence-corrected chi connectivity index (χ0v) is 9.11. The summed E-state index contributed by atoms with van der Waals surface area (Å²) in [6.07, 6.45) is 2.61. The number of benzene rings is 1. The molecule has 1 aliphatic carbocycles. The highest BCUT2D eigenvalue weighted by Crippen LogP contribution is 2.37. The molecule has 0 saturated heterocycles. The summed E-state index contributed by atoms with van der Waals surface area (Å²) in [4.78, 5) is 12.3. The van der Waals surface area contributed by atoms with E-state index in [9.17, 15) is 4.79 Å². The molecule has 0 spiro atoms. The predicted octanol–water partition coefficient (Wildman–Crippen LogP) is 2.81. The van der Waals surface area contributed by atoms with Gasteiger partial charge in [-0.25, -0.2) is 0 Å². The van der Waals surface area contributed by atoms with Gasteiger partial charge in [-0.3, -0.25) is 4.79 Å². The second-order valence-electron chi connectivity index (χ2n) is 4.37. The van der Waals surface area contributed by atoms with Gasteiger partial charge in [-0.1, -0.05) is 30.3 Å². The summed E-state index contributed by atoms with van der Waals surface area (Å²) in [6, 6.07) is 10.1. The van der Waals surface area contributed by atoms with E-state index in [2.05, 4.69) is 0 Å². The van der Waals surface area contributed by atoms with Gasteiger partial charge in [-0.2, -0.15) is 0 Å². The summed E-state index contributed by atoms with van der Waals surface area (Å²) in [6.45, 7) is 0.692. The summed E-state index contributed by atoms with van der Waals surface area (Å²) in [7, 11) is 0. The van der Waals surface area contributed by atoms with Crippen molar-refractivity contribution in [2.24, 2.45) is 0 Å². The van der Waals surface area contributed by atoms with Crippen LogP contribution in [0.15, 0.2) is 41.7 Å². The van der Waals surface area contributed by atoms with Gasteiger partial charge in [0, 0.05) is 24.3 Å². The van der Waals surface area contributed by atoms with Crippen molar-refractivity contribution in [2.45, 2.75) is 25.2 Å². The second kappa shape index (κ2) is 3.78. The lowest BCUT2D eigenvalue weighted by molar-refractivity contribution is -0.117. The molecule has 0 amide bonds. The van der Waals surface area contributed by atoms with Gasteiger partial charge in [0.15, 0.2) is 5.78 Å². The lowest BCUT2D eigenvalue weighted by Crippen LogP contribution is -2.19. The Kier molecular flexibility index (Phi) is 2.28. The molecule has 1 atom stereocenters. The summed E-state index contributed by atoms with van der Waals surface area (Å²) in [5.74, 6) is 1.30. The molecule has 1 aromatic rings. The van der Waals surface area contributed by atoms with Crippen LogP contribution < -0.4 is 0 Å². The minimum absolute atomic E-state index is 0.0571. The predicted molar refractivity (Wildman–Crippen MR) is 61.0 cm³/mol. The lowest BCUT2D eigenvalue weighted by Gasteiger charge is -2.21. The first-order valence-corrected chi connectivity index (χ1v) is 5.80. The van der Waals surface area contributed by atoms with Gasteiger partial charge < -0.3 is 4.74 Å². The van der Waals surface area contributed by atoms with Crippen LogP contribution in [0, 0.1) is 0 Å². The van der Waals surface area contributed by atoms with Crippen LogP contribution in [0.1, 0.15) is 30.7 Å². The minimum Gasteiger partial charge on any atom is -0.497 e. The van der Waals surface area contributed by atoms with Gasteiger partial charge in [0.2, 0.25) is 0 Å². The van der Waals surface area contributed by atoms with Crippen LogP contribution in [0.2, 0.25) is 0 Å². The summed E-state index contributed by atoms with van der Waals surface area (Å²) >= 11 is 0. The van der Waals surface area contributed by atoms with Gasteiger partial charge in [0.05, 0.1) is 6.61 Å². The van der Waals surface area contributed by atoms with Gasteiger partial charge in [-0.05, 0) is 12.0 Å². The number of allylic oxidation sites excluding steroid dienone is 1. The molecule has 0 saturated carbocycles. The Morgan fingerprint density at radius 2 is 1.94 bits per heavy atom. The number of carbonyl (C=O) groups is 1. The lowest BCUT2D eigenvalue weighted by atomic mass is 9.81. The third-order valence-corrected chi connectivity index (χ3v) is 3.44. The molecular weight excluding hydrogens is 200 g/mol. The maximum Gasteiger partial charge on any atom is 0.169 e. The van der Waals surface area contributed by atoms with E-state index in [0.717, 1.165) is 36.2 Å². The topological polar surface area (TPSA) is 26.3 Å². The Morgan fingerprint density at radius 3 is 2.75 bits per heavy atom. The maximum absolute atomic E-state index is 12.3. The zero-order valence-electron chi connectivity index (χ0n) is 9.11. The van der Waals surface area contributed by atoms with E-state index in [4.69, 9.17) is 4.74 Å². The van der Waals surface area contributed by atoms with E-state index in [1.165, 1.54) is 0 Å². The highest BCUT2D eigenvalue weighted by atomic mass is 16.5. The molecule has 1 heterocycles. The van der Waals surface area contributed by atoms with Crippen LogP contribution in [0.25, 0.3) is 0 Å². The third-order valence-electron chi connectivity index (χ3n) is 3.44. The summed E-state index contributed by atoms with van der Waals surface area (Å²) in [5.41, 5.74) is 2.09. The molecule has 1 aliphatic heterocycles. The summed E-state index contributed by atoms with van der Waals surface area (Å²) < 4.78 is 5.47. The molecule has 0 bridgehead atoms. The van der Waals surface area contributed by atoms with Crippen molar-refractivity contribution in [1.82, 2.24) is 0 Å². The molecule has 0 radical (unpaired) electrons. The van der Waals surface area contributed by atoms with Crippen LogP contribution in [0.5, 0.6) is 0 Å². The number of carbonyl (C=O) groups excluding carboxylic acids is 1. The van der Waals surface area contributed by atoms with Crippen molar-refractivity contribution in [3.63, 3.8) is 0 Å². The van der Waals surface area contributed by atoms with E-state index in [1.807, 2.05) is 30.3 Å². The molecule has 1 aromatic carbocycles. The fraction of sp³-hybridized carbons (Fsp3) is 0.357. The van der Waals surface area contributed by atoms with Gasteiger partial charge in [-0.15, -0.1) is 0 Å². The summed E-state index contributed by atoms with van der Waals surface area (Å²) in [5, 5.41) is 0. The molecule has 16 heavy (non-hydrogen) atoms. The van der Waals surface area contributed by atoms with Crippen molar-refractivity contribution in [3.8, 4) is 0 Å². The Bertz CT molecular complexity index is 445. The highest BCUT2D eigenvalue weighted by Gasteiger charge is 2.33. The minimum atomic E-state index is 0.0571. The van der Waals surface area contributed by atoms with E-state index >= 15 is 0 Å². The standard InChI is InChI=1S/C14H14O2/c15-14-11(10-4-2-1-3-5-10)6-7-13-12(14)8-9-16-13/h1-5,11H,6-9H2. The molecule has 1 unspecified atom stereocenters. The van der Waals surface area contributed by atoms with Crippen LogP contribution >= 0.6 is 0 Å². The Labute approximate surface area is 94.9 Å². The molecule has 2 aliphatic rings. The Hall–Kier alpha value is -1.57. The van der Waals surface area contributed by atoms with Gasteiger partial charge in [0.1, 0.15) is 5.76 Å². The zero-order chi connectivity index (χ0) is 11.0. The van der Waals surface area contributed by atoms with Gasteiger partial charge >= 0.3 is 0 Å². The average Bonchev–Trinajstić information content (AvgIpc) is 2.80. The normalized spacial score (nSPS) is 24.2. The molecule has 0 fully saturated rings. The first-order chi connectivity index (χ1) is 7.86. The Morgan fingerprint density at radius 1 is 1.12 bits per heavy atom. The fourth-order valence-electron chi connectivity index (χ4n) is 2.61. The third kappa shape index (κ3) is 1.45. The SMILES string of the molecule is O=C1C2=C(CCC1c1ccccc1)OCC2. The number of ketones is 1.